The van der Waals surface area contributed by atoms with E-state index in [1.54, 1.807) is 24.9 Å². The van der Waals surface area contributed by atoms with Crippen LogP contribution in [0.3, 0.4) is 0 Å². The summed E-state index contributed by atoms with van der Waals surface area (Å²) in [4.78, 5) is -0.373. The molecule has 0 saturated carbocycles. The zero-order valence-electron chi connectivity index (χ0n) is 10.9. The van der Waals surface area contributed by atoms with Gasteiger partial charge in [-0.05, 0) is 25.1 Å². The van der Waals surface area contributed by atoms with Crippen LogP contribution >= 0.6 is 15.9 Å². The first-order valence-electron chi connectivity index (χ1n) is 5.73. The number of halogens is 2. The molecule has 2 aromatic rings. The molecule has 0 aliphatic rings. The number of aryl methyl sites for hydroxylation is 2. The Morgan fingerprint density at radius 2 is 2.15 bits per heavy atom. The number of benzene rings is 1. The Morgan fingerprint density at radius 1 is 1.45 bits per heavy atom. The summed E-state index contributed by atoms with van der Waals surface area (Å²) in [6.45, 7) is 1.85. The van der Waals surface area contributed by atoms with Crippen LogP contribution in [-0.4, -0.2) is 18.2 Å². The van der Waals surface area contributed by atoms with Crippen LogP contribution in [0.1, 0.15) is 11.3 Å². The molecule has 1 heterocycles. The van der Waals surface area contributed by atoms with Crippen LogP contribution in [0.15, 0.2) is 33.8 Å². The number of hydrogen-bond acceptors (Lipinski definition) is 3. The molecule has 2 rings (SSSR count). The molecular formula is C12H13BrFN3O2S. The van der Waals surface area contributed by atoms with Crippen molar-refractivity contribution in [1.82, 2.24) is 14.5 Å². The molecule has 0 aliphatic heterocycles. The first kappa shape index (κ1) is 15.1. The van der Waals surface area contributed by atoms with Crippen molar-refractivity contribution < 1.29 is 12.8 Å². The Balaban J connectivity index is 2.21. The molecule has 0 amide bonds. The van der Waals surface area contributed by atoms with Crippen LogP contribution in [0, 0.1) is 12.7 Å². The fraction of sp³-hybridized carbons (Fsp3) is 0.250. The van der Waals surface area contributed by atoms with E-state index >= 15 is 0 Å². The Kier molecular flexibility index (Phi) is 4.26. The van der Waals surface area contributed by atoms with Gasteiger partial charge in [0.1, 0.15) is 10.7 Å². The van der Waals surface area contributed by atoms with Crippen LogP contribution in [0.2, 0.25) is 0 Å². The lowest BCUT2D eigenvalue weighted by molar-refractivity contribution is 0.556. The summed E-state index contributed by atoms with van der Waals surface area (Å²) in [7, 11) is -2.15. The summed E-state index contributed by atoms with van der Waals surface area (Å²) in [6, 6.07) is 3.81. The number of aromatic nitrogens is 2. The van der Waals surface area contributed by atoms with Gasteiger partial charge in [0.25, 0.3) is 0 Å². The maximum Gasteiger partial charge on any atom is 0.243 e. The van der Waals surface area contributed by atoms with Gasteiger partial charge < -0.3 is 0 Å². The molecule has 0 bridgehead atoms. The fourth-order valence-corrected chi connectivity index (χ4v) is 3.16. The lowest BCUT2D eigenvalue weighted by Gasteiger charge is -2.07. The second-order valence-electron chi connectivity index (χ2n) is 4.31. The highest BCUT2D eigenvalue weighted by molar-refractivity contribution is 9.10. The van der Waals surface area contributed by atoms with Crippen LogP contribution in [0.25, 0.3) is 0 Å². The van der Waals surface area contributed by atoms with E-state index in [1.807, 2.05) is 0 Å². The average molecular weight is 362 g/mol. The van der Waals surface area contributed by atoms with E-state index in [1.165, 1.54) is 12.1 Å². The highest BCUT2D eigenvalue weighted by Crippen LogP contribution is 2.19. The molecule has 0 fully saturated rings. The SMILES string of the molecule is Cc1nn(C)cc1CNS(=O)(=O)c1ccc(Br)cc1F. The first-order valence-corrected chi connectivity index (χ1v) is 8.01. The maximum absolute atomic E-state index is 13.7. The van der Waals surface area contributed by atoms with Crippen molar-refractivity contribution >= 4 is 26.0 Å². The quantitative estimate of drug-likeness (QED) is 0.906. The second kappa shape index (κ2) is 5.63. The van der Waals surface area contributed by atoms with Crippen molar-refractivity contribution in [2.75, 3.05) is 0 Å². The topological polar surface area (TPSA) is 64.0 Å². The van der Waals surface area contributed by atoms with E-state index < -0.39 is 15.8 Å². The summed E-state index contributed by atoms with van der Waals surface area (Å²) in [5, 5.41) is 4.12. The van der Waals surface area contributed by atoms with Crippen molar-refractivity contribution in [3.05, 3.63) is 45.9 Å². The summed E-state index contributed by atoms with van der Waals surface area (Å²) in [6.07, 6.45) is 1.72. The van der Waals surface area contributed by atoms with E-state index in [4.69, 9.17) is 0 Å². The Bertz CT molecular complexity index is 743. The molecule has 1 aromatic carbocycles. The number of hydrogen-bond donors (Lipinski definition) is 1. The second-order valence-corrected chi connectivity index (χ2v) is 6.96. The Morgan fingerprint density at radius 3 is 2.70 bits per heavy atom. The largest absolute Gasteiger partial charge is 0.275 e. The molecule has 0 saturated heterocycles. The summed E-state index contributed by atoms with van der Waals surface area (Å²) >= 11 is 3.08. The number of sulfonamides is 1. The van der Waals surface area contributed by atoms with E-state index in [2.05, 4.69) is 25.8 Å². The molecule has 0 unspecified atom stereocenters. The molecule has 0 aliphatic carbocycles. The van der Waals surface area contributed by atoms with Gasteiger partial charge in [-0.25, -0.2) is 17.5 Å². The summed E-state index contributed by atoms with van der Waals surface area (Å²) in [5.74, 6) is -0.796. The van der Waals surface area contributed by atoms with Gasteiger partial charge in [0.15, 0.2) is 0 Å². The van der Waals surface area contributed by atoms with Crippen LogP contribution in [-0.2, 0) is 23.6 Å². The number of nitrogens with one attached hydrogen (secondary N) is 1. The highest BCUT2D eigenvalue weighted by atomic mass is 79.9. The van der Waals surface area contributed by atoms with Crippen molar-refractivity contribution in [3.8, 4) is 0 Å². The van der Waals surface area contributed by atoms with Crippen molar-refractivity contribution in [2.24, 2.45) is 7.05 Å². The minimum atomic E-state index is -3.90. The molecule has 20 heavy (non-hydrogen) atoms. The van der Waals surface area contributed by atoms with Gasteiger partial charge >= 0.3 is 0 Å². The van der Waals surface area contributed by atoms with Crippen molar-refractivity contribution in [2.45, 2.75) is 18.4 Å². The molecule has 0 radical (unpaired) electrons. The zero-order valence-corrected chi connectivity index (χ0v) is 13.3. The average Bonchev–Trinajstić information content (AvgIpc) is 2.65. The summed E-state index contributed by atoms with van der Waals surface area (Å²) in [5.41, 5.74) is 1.47. The highest BCUT2D eigenvalue weighted by Gasteiger charge is 2.19. The van der Waals surface area contributed by atoms with Gasteiger partial charge in [0.05, 0.1) is 5.69 Å². The summed E-state index contributed by atoms with van der Waals surface area (Å²) < 4.78 is 42.3. The molecule has 5 nitrogen and oxygen atoms in total. The van der Waals surface area contributed by atoms with Crippen LogP contribution in [0.4, 0.5) is 4.39 Å². The van der Waals surface area contributed by atoms with E-state index in [0.29, 0.717) is 4.47 Å². The molecule has 0 spiro atoms. The minimum absolute atomic E-state index is 0.0670. The van der Waals surface area contributed by atoms with Crippen molar-refractivity contribution in [3.63, 3.8) is 0 Å². The zero-order chi connectivity index (χ0) is 14.9. The van der Waals surface area contributed by atoms with Crippen LogP contribution < -0.4 is 4.72 Å². The van der Waals surface area contributed by atoms with E-state index in [0.717, 1.165) is 17.3 Å². The minimum Gasteiger partial charge on any atom is -0.275 e. The number of rotatable bonds is 4. The third-order valence-corrected chi connectivity index (χ3v) is 4.68. The van der Waals surface area contributed by atoms with Gasteiger partial charge in [-0.15, -0.1) is 0 Å². The Hall–Kier alpha value is -1.25. The standard InChI is InChI=1S/C12H13BrFN3O2S/c1-8-9(7-17(2)16-8)6-15-20(18,19)12-4-3-10(13)5-11(12)14/h3-5,7,15H,6H2,1-2H3. The monoisotopic (exact) mass is 361 g/mol. The fourth-order valence-electron chi connectivity index (χ4n) is 1.77. The lowest BCUT2D eigenvalue weighted by Crippen LogP contribution is -2.24. The van der Waals surface area contributed by atoms with Gasteiger partial charge in [-0.2, -0.15) is 5.10 Å². The molecule has 8 heteroatoms. The lowest BCUT2D eigenvalue weighted by atomic mass is 10.3. The van der Waals surface area contributed by atoms with Gasteiger partial charge in [0.2, 0.25) is 10.0 Å². The maximum atomic E-state index is 13.7. The van der Waals surface area contributed by atoms with Gasteiger partial charge in [-0.3, -0.25) is 4.68 Å². The van der Waals surface area contributed by atoms with Crippen molar-refractivity contribution in [1.29, 1.82) is 0 Å². The van der Waals surface area contributed by atoms with Crippen LogP contribution in [0.5, 0.6) is 0 Å². The van der Waals surface area contributed by atoms with E-state index in [9.17, 15) is 12.8 Å². The third kappa shape index (κ3) is 3.25. The normalized spacial score (nSPS) is 11.8. The Labute approximate surface area is 125 Å². The molecule has 1 aromatic heterocycles. The molecule has 0 atom stereocenters. The predicted octanol–water partition coefficient (Wildman–Crippen LogP) is 2.11. The smallest absolute Gasteiger partial charge is 0.243 e. The van der Waals surface area contributed by atoms with E-state index in [-0.39, 0.29) is 11.4 Å². The third-order valence-electron chi connectivity index (χ3n) is 2.75. The molecule has 1 N–H and O–H groups in total. The number of nitrogens with zero attached hydrogens (tertiary/aromatic N) is 2. The van der Waals surface area contributed by atoms with Gasteiger partial charge in [0, 0.05) is 29.8 Å². The first-order chi connectivity index (χ1) is 9.29. The molecule has 108 valence electrons. The van der Waals surface area contributed by atoms with Gasteiger partial charge in [-0.1, -0.05) is 15.9 Å². The molecular weight excluding hydrogens is 349 g/mol. The predicted molar refractivity (Wildman–Crippen MR) is 76.1 cm³/mol.